The Morgan fingerprint density at radius 2 is 1.79 bits per heavy atom. The van der Waals surface area contributed by atoms with Gasteiger partial charge < -0.3 is 15.2 Å². The molecule has 0 heterocycles. The highest BCUT2D eigenvalue weighted by Crippen LogP contribution is 2.24. The van der Waals surface area contributed by atoms with E-state index in [4.69, 9.17) is 15.2 Å². The maximum Gasteiger partial charge on any atom is 0.276 e. The molecular weight excluding hydrogens is 442 g/mol. The number of hydrogen-bond acceptors (Lipinski definition) is 6. The Morgan fingerprint density at radius 3 is 2.48 bits per heavy atom. The maximum absolute atomic E-state index is 12.5. The average molecular weight is 468 g/mol. The van der Waals surface area contributed by atoms with Crippen LogP contribution in [-0.4, -0.2) is 27.6 Å². The average Bonchev–Trinajstić information content (AvgIpc) is 2.79. The maximum atomic E-state index is 12.5. The van der Waals surface area contributed by atoms with Crippen molar-refractivity contribution in [3.05, 3.63) is 88.5 Å². The first-order valence-electron chi connectivity index (χ1n) is 10.0. The fourth-order valence-electron chi connectivity index (χ4n) is 3.05. The number of ether oxygens (including phenoxy) is 2. The number of para-hydroxylation sites is 1. The van der Waals surface area contributed by atoms with Gasteiger partial charge >= 0.3 is 0 Å². The third-order valence-corrected chi connectivity index (χ3v) is 6.24. The van der Waals surface area contributed by atoms with Crippen molar-refractivity contribution in [2.24, 2.45) is 10.8 Å². The molecule has 0 aliphatic heterocycles. The summed E-state index contributed by atoms with van der Waals surface area (Å²) in [7, 11) is -2.26. The molecule has 0 saturated carbocycles. The highest BCUT2D eigenvalue weighted by atomic mass is 32.2. The zero-order chi connectivity index (χ0) is 24.0. The minimum atomic E-state index is -3.79. The van der Waals surface area contributed by atoms with Crippen LogP contribution in [0.4, 0.5) is 0 Å². The number of rotatable bonds is 9. The van der Waals surface area contributed by atoms with E-state index in [1.54, 1.807) is 54.6 Å². The third kappa shape index (κ3) is 5.89. The van der Waals surface area contributed by atoms with E-state index in [-0.39, 0.29) is 17.1 Å². The van der Waals surface area contributed by atoms with Gasteiger partial charge in [-0.1, -0.05) is 18.2 Å². The second-order valence-corrected chi connectivity index (χ2v) is 8.98. The molecule has 0 aliphatic carbocycles. The summed E-state index contributed by atoms with van der Waals surface area (Å²) in [5.41, 5.74) is 8.85. The zero-order valence-electron chi connectivity index (χ0n) is 18.5. The summed E-state index contributed by atoms with van der Waals surface area (Å²) < 4.78 is 36.2. The number of primary amides is 1. The van der Waals surface area contributed by atoms with Crippen LogP contribution in [0.1, 0.15) is 32.6 Å². The monoisotopic (exact) mass is 467 g/mol. The lowest BCUT2D eigenvalue weighted by Crippen LogP contribution is -2.18. The van der Waals surface area contributed by atoms with Crippen molar-refractivity contribution < 1.29 is 22.7 Å². The first-order valence-corrected chi connectivity index (χ1v) is 11.5. The molecule has 0 aromatic heterocycles. The molecule has 0 spiro atoms. The van der Waals surface area contributed by atoms with Crippen LogP contribution in [0.15, 0.2) is 70.7 Å². The molecule has 3 rings (SSSR count). The number of hydrazone groups is 1. The van der Waals surface area contributed by atoms with Crippen molar-refractivity contribution in [3.63, 3.8) is 0 Å². The van der Waals surface area contributed by atoms with Crippen molar-refractivity contribution >= 4 is 22.1 Å². The summed E-state index contributed by atoms with van der Waals surface area (Å²) in [5, 5.41) is 3.89. The van der Waals surface area contributed by atoms with Crippen molar-refractivity contribution in [2.75, 3.05) is 7.11 Å². The van der Waals surface area contributed by atoms with Crippen LogP contribution in [0.5, 0.6) is 11.5 Å². The van der Waals surface area contributed by atoms with Gasteiger partial charge in [0.2, 0.25) is 0 Å². The van der Waals surface area contributed by atoms with Crippen molar-refractivity contribution in [2.45, 2.75) is 25.3 Å². The number of nitrogens with two attached hydrogens (primary N) is 1. The first kappa shape index (κ1) is 23.8. The number of nitrogens with zero attached hydrogens (tertiary/aromatic N) is 1. The number of aryl methyl sites for hydroxylation is 2. The second kappa shape index (κ2) is 10.2. The van der Waals surface area contributed by atoms with E-state index in [2.05, 4.69) is 9.93 Å². The van der Waals surface area contributed by atoms with Crippen molar-refractivity contribution in [3.8, 4) is 11.5 Å². The Balaban J connectivity index is 1.76. The minimum absolute atomic E-state index is 0.101. The topological polar surface area (TPSA) is 120 Å². The summed E-state index contributed by atoms with van der Waals surface area (Å²) >= 11 is 0. The highest BCUT2D eigenvalue weighted by molar-refractivity contribution is 7.89. The van der Waals surface area contributed by atoms with E-state index >= 15 is 0 Å². The van der Waals surface area contributed by atoms with Crippen LogP contribution in [0.25, 0.3) is 0 Å². The van der Waals surface area contributed by atoms with Crippen LogP contribution >= 0.6 is 0 Å². The highest BCUT2D eigenvalue weighted by Gasteiger charge is 2.14. The molecule has 3 N–H and O–H groups in total. The van der Waals surface area contributed by atoms with Gasteiger partial charge in [-0.05, 0) is 73.0 Å². The smallest absolute Gasteiger partial charge is 0.276 e. The summed E-state index contributed by atoms with van der Waals surface area (Å²) in [6.07, 6.45) is 1.39. The van der Waals surface area contributed by atoms with Gasteiger partial charge in [0.1, 0.15) is 18.1 Å². The van der Waals surface area contributed by atoms with E-state index in [9.17, 15) is 13.2 Å². The third-order valence-electron chi connectivity index (χ3n) is 5.02. The predicted octanol–water partition coefficient (Wildman–Crippen LogP) is 3.30. The number of nitrogens with one attached hydrogen (secondary N) is 1. The van der Waals surface area contributed by atoms with Gasteiger partial charge in [0.05, 0.1) is 23.8 Å². The molecule has 33 heavy (non-hydrogen) atoms. The second-order valence-electron chi connectivity index (χ2n) is 7.32. The van der Waals surface area contributed by atoms with Gasteiger partial charge in [0.15, 0.2) is 0 Å². The van der Waals surface area contributed by atoms with Gasteiger partial charge in [-0.3, -0.25) is 4.79 Å². The lowest BCUT2D eigenvalue weighted by atomic mass is 10.1. The van der Waals surface area contributed by atoms with E-state index < -0.39 is 15.9 Å². The van der Waals surface area contributed by atoms with E-state index in [1.807, 2.05) is 13.8 Å². The molecule has 0 fully saturated rings. The SMILES string of the molecule is COc1ccc(C=NNS(=O)(=O)c2ccc(C)c(C)c2)cc1COc1ccccc1C(N)=O. The van der Waals surface area contributed by atoms with Crippen molar-refractivity contribution in [1.29, 1.82) is 0 Å². The molecule has 0 aliphatic rings. The Bertz CT molecular complexity index is 1300. The molecule has 0 radical (unpaired) electrons. The van der Waals surface area contributed by atoms with Gasteiger partial charge in [-0.2, -0.15) is 13.5 Å². The van der Waals surface area contributed by atoms with Crippen LogP contribution in [0.2, 0.25) is 0 Å². The standard InChI is InChI=1S/C24H25N3O5S/c1-16-8-10-20(12-17(16)2)33(29,30)27-26-14-18-9-11-22(31-3)19(13-18)15-32-23-7-5-4-6-21(23)24(25)28/h4-14,27H,15H2,1-3H3,(H2,25,28). The van der Waals surface area contributed by atoms with Crippen LogP contribution in [-0.2, 0) is 16.6 Å². The summed E-state index contributed by atoms with van der Waals surface area (Å²) in [4.78, 5) is 14.0. The molecule has 0 bridgehead atoms. The van der Waals surface area contributed by atoms with Gasteiger partial charge in [0, 0.05) is 5.56 Å². The Labute approximate surface area is 193 Å². The lowest BCUT2D eigenvalue weighted by molar-refractivity contribution is 0.0996. The molecule has 0 unspecified atom stereocenters. The summed E-state index contributed by atoms with van der Waals surface area (Å²) in [6, 6.07) is 16.8. The molecular formula is C24H25N3O5S. The van der Waals surface area contributed by atoms with E-state index in [1.165, 1.54) is 19.4 Å². The van der Waals surface area contributed by atoms with Gasteiger partial charge in [-0.25, -0.2) is 4.83 Å². The quantitative estimate of drug-likeness (QED) is 0.370. The first-order chi connectivity index (χ1) is 15.7. The molecule has 0 atom stereocenters. The van der Waals surface area contributed by atoms with Crippen molar-refractivity contribution in [1.82, 2.24) is 4.83 Å². The molecule has 8 nitrogen and oxygen atoms in total. The van der Waals surface area contributed by atoms with E-state index in [0.717, 1.165) is 11.1 Å². The number of sulfonamides is 1. The fourth-order valence-corrected chi connectivity index (χ4v) is 3.92. The lowest BCUT2D eigenvalue weighted by Gasteiger charge is -2.13. The predicted molar refractivity (Wildman–Crippen MR) is 126 cm³/mol. The van der Waals surface area contributed by atoms with Crippen LogP contribution in [0.3, 0.4) is 0 Å². The molecule has 9 heteroatoms. The normalized spacial score (nSPS) is 11.4. The molecule has 3 aromatic carbocycles. The number of hydrogen-bond donors (Lipinski definition) is 2. The Kier molecular flexibility index (Phi) is 7.34. The molecule has 3 aromatic rings. The van der Waals surface area contributed by atoms with Crippen LogP contribution < -0.4 is 20.0 Å². The zero-order valence-corrected chi connectivity index (χ0v) is 19.3. The summed E-state index contributed by atoms with van der Waals surface area (Å²) in [6.45, 7) is 3.86. The Morgan fingerprint density at radius 1 is 1.03 bits per heavy atom. The minimum Gasteiger partial charge on any atom is -0.496 e. The number of benzene rings is 3. The number of amides is 1. The molecule has 1 amide bonds. The van der Waals surface area contributed by atoms with Gasteiger partial charge in [0.25, 0.3) is 15.9 Å². The molecule has 0 saturated heterocycles. The van der Waals surface area contributed by atoms with Gasteiger partial charge in [-0.15, -0.1) is 0 Å². The van der Waals surface area contributed by atoms with E-state index in [0.29, 0.717) is 22.6 Å². The fraction of sp³-hybridized carbons (Fsp3) is 0.167. The largest absolute Gasteiger partial charge is 0.496 e. The summed E-state index contributed by atoms with van der Waals surface area (Å²) in [5.74, 6) is 0.334. The van der Waals surface area contributed by atoms with Crippen LogP contribution in [0, 0.1) is 13.8 Å². The Hall–Kier alpha value is -3.85. The number of carbonyl (C=O) groups excluding carboxylic acids is 1. The molecule has 172 valence electrons. The number of carbonyl (C=O) groups is 1. The number of methoxy groups -OCH3 is 1.